The van der Waals surface area contributed by atoms with Crippen LogP contribution in [0.15, 0.2) is 41.2 Å². The Bertz CT molecular complexity index is 811. The number of aryl methyl sites for hydroxylation is 1. The maximum Gasteiger partial charge on any atom is 0.334 e. The summed E-state index contributed by atoms with van der Waals surface area (Å²) in [7, 11) is 0. The second kappa shape index (κ2) is 7.40. The largest absolute Gasteiger partial charge is 0.494 e. The third kappa shape index (κ3) is 3.97. The number of hydrogen-bond acceptors (Lipinski definition) is 5. The van der Waals surface area contributed by atoms with E-state index in [1.54, 1.807) is 31.2 Å². The molecule has 8 heteroatoms. The number of carbonyl (C=O) groups excluding carboxylic acids is 1. The number of benzene rings is 1. The van der Waals surface area contributed by atoms with E-state index in [2.05, 4.69) is 5.32 Å². The fraction of sp³-hybridized carbons (Fsp3) is 0.250. The first-order chi connectivity index (χ1) is 11.4. The quantitative estimate of drug-likeness (QED) is 0.645. The molecule has 1 aromatic carbocycles. The van der Waals surface area contributed by atoms with Crippen molar-refractivity contribution in [2.24, 2.45) is 0 Å². The molecular formula is C16H17N3O5. The predicted octanol–water partition coefficient (Wildman–Crippen LogP) is 2.10. The lowest BCUT2D eigenvalue weighted by molar-refractivity contribution is -0.386. The Morgan fingerprint density at radius 3 is 2.50 bits per heavy atom. The molecule has 2 rings (SSSR count). The molecule has 0 aliphatic carbocycles. The molecule has 24 heavy (non-hydrogen) atoms. The highest BCUT2D eigenvalue weighted by atomic mass is 16.6. The molecule has 1 heterocycles. The molecule has 8 nitrogen and oxygen atoms in total. The number of ether oxygens (including phenoxy) is 1. The minimum atomic E-state index is -0.804. The number of amides is 1. The number of pyridine rings is 1. The normalized spacial score (nSPS) is 10.2. The summed E-state index contributed by atoms with van der Waals surface area (Å²) in [6.07, 6.45) is 0. The van der Waals surface area contributed by atoms with Crippen molar-refractivity contribution in [1.29, 1.82) is 0 Å². The van der Waals surface area contributed by atoms with E-state index < -0.39 is 22.1 Å². The Morgan fingerprint density at radius 2 is 1.92 bits per heavy atom. The Kier molecular flexibility index (Phi) is 5.31. The highest BCUT2D eigenvalue weighted by molar-refractivity contribution is 5.90. The summed E-state index contributed by atoms with van der Waals surface area (Å²) in [5.41, 5.74) is -0.358. The minimum Gasteiger partial charge on any atom is -0.494 e. The number of carbonyl (C=O) groups is 1. The summed E-state index contributed by atoms with van der Waals surface area (Å²) in [6, 6.07) is 9.34. The first kappa shape index (κ1) is 17.2. The molecule has 0 unspecified atom stereocenters. The number of hydrogen-bond donors (Lipinski definition) is 1. The molecule has 0 saturated carbocycles. The molecule has 1 amide bonds. The molecule has 0 bridgehead atoms. The standard InChI is InChI=1S/C16H17N3O5/c1-3-24-13-7-5-12(6-8-13)17-15(20)10-18-11(2)4-9-14(16(18)21)19(22)23/h4-9H,3,10H2,1-2H3,(H,17,20). The molecule has 0 radical (unpaired) electrons. The van der Waals surface area contributed by atoms with Gasteiger partial charge in [-0.2, -0.15) is 0 Å². The summed E-state index contributed by atoms with van der Waals surface area (Å²) in [6.45, 7) is 3.71. The number of nitro groups is 1. The summed E-state index contributed by atoms with van der Waals surface area (Å²) in [4.78, 5) is 34.2. The molecule has 1 N–H and O–H groups in total. The van der Waals surface area contributed by atoms with Crippen molar-refractivity contribution < 1.29 is 14.5 Å². The van der Waals surface area contributed by atoms with Crippen molar-refractivity contribution in [2.75, 3.05) is 11.9 Å². The molecule has 126 valence electrons. The predicted molar refractivity (Wildman–Crippen MR) is 88.3 cm³/mol. The van der Waals surface area contributed by atoms with Crippen LogP contribution < -0.4 is 15.6 Å². The minimum absolute atomic E-state index is 0.306. The van der Waals surface area contributed by atoms with Gasteiger partial charge in [0.05, 0.1) is 11.5 Å². The number of nitrogens with zero attached hydrogens (tertiary/aromatic N) is 2. The van der Waals surface area contributed by atoms with Crippen LogP contribution in [0, 0.1) is 17.0 Å². The Balaban J connectivity index is 2.14. The lowest BCUT2D eigenvalue weighted by Gasteiger charge is -2.10. The van der Waals surface area contributed by atoms with Gasteiger partial charge in [0.25, 0.3) is 0 Å². The van der Waals surface area contributed by atoms with E-state index in [9.17, 15) is 19.7 Å². The van der Waals surface area contributed by atoms with Crippen LogP contribution in [-0.2, 0) is 11.3 Å². The molecule has 1 aromatic heterocycles. The van der Waals surface area contributed by atoms with Crippen molar-refractivity contribution in [1.82, 2.24) is 4.57 Å². The molecule has 0 atom stereocenters. The number of nitrogens with one attached hydrogen (secondary N) is 1. The van der Waals surface area contributed by atoms with Crippen molar-refractivity contribution in [2.45, 2.75) is 20.4 Å². The van der Waals surface area contributed by atoms with Crippen molar-refractivity contribution in [3.63, 3.8) is 0 Å². The fourth-order valence-electron chi connectivity index (χ4n) is 2.14. The van der Waals surface area contributed by atoms with Crippen LogP contribution in [0.1, 0.15) is 12.6 Å². The van der Waals surface area contributed by atoms with Gasteiger partial charge in [0.1, 0.15) is 12.3 Å². The molecule has 0 aliphatic heterocycles. The van der Waals surface area contributed by atoms with Crippen LogP contribution in [0.2, 0.25) is 0 Å². The summed E-state index contributed by atoms with van der Waals surface area (Å²) >= 11 is 0. The second-order valence-corrected chi connectivity index (χ2v) is 5.01. The average Bonchev–Trinajstić information content (AvgIpc) is 2.53. The zero-order chi connectivity index (χ0) is 17.7. The monoisotopic (exact) mass is 331 g/mol. The zero-order valence-electron chi connectivity index (χ0n) is 13.3. The number of anilines is 1. The van der Waals surface area contributed by atoms with Gasteiger partial charge in [-0.25, -0.2) is 0 Å². The molecular weight excluding hydrogens is 314 g/mol. The van der Waals surface area contributed by atoms with Gasteiger partial charge in [0.2, 0.25) is 5.91 Å². The van der Waals surface area contributed by atoms with Gasteiger partial charge in [-0.05, 0) is 44.2 Å². The Morgan fingerprint density at radius 1 is 1.25 bits per heavy atom. The first-order valence-corrected chi connectivity index (χ1v) is 7.30. The Labute approximate surface area is 137 Å². The Hall–Kier alpha value is -3.16. The summed E-state index contributed by atoms with van der Waals surface area (Å²) in [5.74, 6) is 0.228. The lowest BCUT2D eigenvalue weighted by Crippen LogP contribution is -2.30. The third-order valence-electron chi connectivity index (χ3n) is 3.32. The van der Waals surface area contributed by atoms with E-state index in [0.29, 0.717) is 23.7 Å². The zero-order valence-corrected chi connectivity index (χ0v) is 13.3. The third-order valence-corrected chi connectivity index (χ3v) is 3.32. The first-order valence-electron chi connectivity index (χ1n) is 7.30. The van der Waals surface area contributed by atoms with Crippen LogP contribution >= 0.6 is 0 Å². The van der Waals surface area contributed by atoms with E-state index in [0.717, 1.165) is 10.6 Å². The van der Waals surface area contributed by atoms with Crippen molar-refractivity contribution in [3.05, 3.63) is 62.6 Å². The van der Waals surface area contributed by atoms with Crippen LogP contribution in [0.4, 0.5) is 11.4 Å². The van der Waals surface area contributed by atoms with E-state index in [1.807, 2.05) is 6.92 Å². The van der Waals surface area contributed by atoms with Crippen molar-refractivity contribution in [3.8, 4) is 5.75 Å². The van der Waals surface area contributed by atoms with Gasteiger partial charge in [-0.1, -0.05) is 0 Å². The highest BCUT2D eigenvalue weighted by Gasteiger charge is 2.17. The van der Waals surface area contributed by atoms with Crippen LogP contribution in [0.3, 0.4) is 0 Å². The molecule has 0 spiro atoms. The molecule has 2 aromatic rings. The van der Waals surface area contributed by atoms with E-state index in [-0.39, 0.29) is 6.54 Å². The van der Waals surface area contributed by atoms with Gasteiger partial charge < -0.3 is 10.1 Å². The number of rotatable bonds is 6. The highest BCUT2D eigenvalue weighted by Crippen LogP contribution is 2.15. The summed E-state index contributed by atoms with van der Waals surface area (Å²) in [5, 5.41) is 13.5. The van der Waals surface area contributed by atoms with Gasteiger partial charge in [-0.3, -0.25) is 24.3 Å². The maximum atomic E-state index is 12.1. The van der Waals surface area contributed by atoms with Crippen LogP contribution in [0.25, 0.3) is 0 Å². The second-order valence-electron chi connectivity index (χ2n) is 5.01. The fourth-order valence-corrected chi connectivity index (χ4v) is 2.14. The van der Waals surface area contributed by atoms with Crippen LogP contribution in [0.5, 0.6) is 5.75 Å². The van der Waals surface area contributed by atoms with Crippen molar-refractivity contribution >= 4 is 17.3 Å². The topological polar surface area (TPSA) is 103 Å². The van der Waals surface area contributed by atoms with E-state index in [4.69, 9.17) is 4.74 Å². The van der Waals surface area contributed by atoms with Gasteiger partial charge in [-0.15, -0.1) is 0 Å². The van der Waals surface area contributed by atoms with Gasteiger partial charge >= 0.3 is 11.2 Å². The molecule has 0 aliphatic rings. The van der Waals surface area contributed by atoms with Gasteiger partial charge in [0.15, 0.2) is 0 Å². The SMILES string of the molecule is CCOc1ccc(NC(=O)Cn2c(C)ccc([N+](=O)[O-])c2=O)cc1. The molecule has 0 saturated heterocycles. The number of aromatic nitrogens is 1. The lowest BCUT2D eigenvalue weighted by atomic mass is 10.3. The summed E-state index contributed by atoms with van der Waals surface area (Å²) < 4.78 is 6.38. The molecule has 0 fully saturated rings. The van der Waals surface area contributed by atoms with Gasteiger partial charge in [0, 0.05) is 17.4 Å². The van der Waals surface area contributed by atoms with Crippen LogP contribution in [-0.4, -0.2) is 22.0 Å². The maximum absolute atomic E-state index is 12.1. The smallest absolute Gasteiger partial charge is 0.334 e. The van der Waals surface area contributed by atoms with E-state index >= 15 is 0 Å². The van der Waals surface area contributed by atoms with E-state index in [1.165, 1.54) is 6.07 Å². The average molecular weight is 331 g/mol.